The Morgan fingerprint density at radius 2 is 0.920 bits per heavy atom. The quantitative estimate of drug-likeness (QED) is 0.209. The number of benzene rings is 2. The highest BCUT2D eigenvalue weighted by Crippen LogP contribution is 2.36. The van der Waals surface area contributed by atoms with Crippen LogP contribution >= 0.6 is 0 Å². The molecule has 6 N–H and O–H groups in total. The summed E-state index contributed by atoms with van der Waals surface area (Å²) in [7, 11) is 0. The minimum absolute atomic E-state index is 0. The number of anilines is 2. The van der Waals surface area contributed by atoms with Gasteiger partial charge in [-0.1, -0.05) is 60.7 Å². The summed E-state index contributed by atoms with van der Waals surface area (Å²) in [6.07, 6.45) is 19.4. The Morgan fingerprint density at radius 1 is 0.560 bits per heavy atom. The largest absolute Gasteiger partial charge is 0.481 e. The Morgan fingerprint density at radius 3 is 1.34 bits per heavy atom. The summed E-state index contributed by atoms with van der Waals surface area (Å²) in [4.78, 5) is 32.6. The number of nitrogen functional groups attached to an aromatic ring is 1. The summed E-state index contributed by atoms with van der Waals surface area (Å²) in [5.74, 6) is -0.695. The van der Waals surface area contributed by atoms with E-state index >= 15 is 0 Å². The van der Waals surface area contributed by atoms with Crippen LogP contribution in [0.25, 0.3) is 0 Å². The number of carbonyl (C=O) groups is 2. The van der Waals surface area contributed by atoms with Crippen LogP contribution in [0, 0.1) is 0 Å². The number of carbonyl (C=O) groups excluding carboxylic acids is 1. The van der Waals surface area contributed by atoms with Gasteiger partial charge in [-0.05, 0) is 136 Å². The third-order valence-electron chi connectivity index (χ3n) is 10.2. The number of aromatic nitrogens is 2. The molecular formula is C42H52N4O4. The molecular weight excluding hydrogens is 624 g/mol. The average molecular weight is 677 g/mol. The van der Waals surface area contributed by atoms with Gasteiger partial charge in [0.1, 0.15) is 0 Å². The first-order valence-corrected chi connectivity index (χ1v) is 18.4. The fourth-order valence-electron chi connectivity index (χ4n) is 7.75. The summed E-state index contributed by atoms with van der Waals surface area (Å²) < 4.78 is 0. The number of nitrogens with zero attached hydrogens (tertiary/aromatic N) is 2. The maximum Gasteiger partial charge on any atom is 0.307 e. The number of pyridine rings is 2. The van der Waals surface area contributed by atoms with Gasteiger partial charge in [0.05, 0.1) is 18.5 Å². The first-order valence-electron chi connectivity index (χ1n) is 18.4. The van der Waals surface area contributed by atoms with Gasteiger partial charge < -0.3 is 21.6 Å². The highest BCUT2D eigenvalue weighted by atomic mass is 16.4. The number of rotatable bonds is 5. The zero-order valence-electron chi connectivity index (χ0n) is 29.2. The molecule has 0 saturated heterocycles. The van der Waals surface area contributed by atoms with Crippen LogP contribution in [0.3, 0.4) is 0 Å². The van der Waals surface area contributed by atoms with Crippen LogP contribution in [-0.4, -0.2) is 32.4 Å². The first-order chi connectivity index (χ1) is 24.0. The van der Waals surface area contributed by atoms with Crippen LogP contribution in [-0.2, 0) is 73.8 Å². The number of nitrogens with one attached hydrogen (secondary N) is 1. The molecule has 0 unspecified atom stereocenters. The van der Waals surface area contributed by atoms with Gasteiger partial charge in [0.2, 0.25) is 5.91 Å². The van der Waals surface area contributed by atoms with Gasteiger partial charge in [-0.3, -0.25) is 19.6 Å². The van der Waals surface area contributed by atoms with Crippen LogP contribution in [0.4, 0.5) is 11.4 Å². The molecule has 0 spiro atoms. The number of carboxylic acid groups (broad SMARTS) is 1. The molecule has 4 aromatic rings. The summed E-state index contributed by atoms with van der Waals surface area (Å²) in [6, 6.07) is 19.1. The van der Waals surface area contributed by atoms with Crippen molar-refractivity contribution in [2.45, 2.75) is 116 Å². The van der Waals surface area contributed by atoms with Crippen molar-refractivity contribution in [1.29, 1.82) is 0 Å². The lowest BCUT2D eigenvalue weighted by molar-refractivity contribution is -0.136. The van der Waals surface area contributed by atoms with Crippen molar-refractivity contribution in [2.75, 3.05) is 11.1 Å². The number of hydrogen-bond donors (Lipinski definition) is 3. The van der Waals surface area contributed by atoms with Crippen LogP contribution < -0.4 is 11.1 Å². The lowest BCUT2D eigenvalue weighted by Gasteiger charge is -2.26. The average Bonchev–Trinajstić information content (AvgIpc) is 3.13. The predicted molar refractivity (Wildman–Crippen MR) is 200 cm³/mol. The number of fused-ring (bicyclic) bond motifs is 4. The van der Waals surface area contributed by atoms with Crippen molar-refractivity contribution in [1.82, 2.24) is 9.97 Å². The predicted octanol–water partition coefficient (Wildman–Crippen LogP) is 6.93. The van der Waals surface area contributed by atoms with E-state index in [-0.39, 0.29) is 17.8 Å². The number of hydrogen-bond acceptors (Lipinski definition) is 5. The van der Waals surface area contributed by atoms with Crippen LogP contribution in [0.1, 0.15) is 108 Å². The zero-order chi connectivity index (χ0) is 34.0. The number of aliphatic carboxylic acids is 1. The lowest BCUT2D eigenvalue weighted by atomic mass is 9.87. The topological polar surface area (TPSA) is 150 Å². The molecule has 8 nitrogen and oxygen atoms in total. The van der Waals surface area contributed by atoms with Gasteiger partial charge in [-0.25, -0.2) is 0 Å². The molecule has 1 amide bonds. The van der Waals surface area contributed by atoms with Crippen molar-refractivity contribution in [3.8, 4) is 0 Å². The molecule has 2 aromatic heterocycles. The van der Waals surface area contributed by atoms with Crippen molar-refractivity contribution in [3.05, 3.63) is 117 Å². The zero-order valence-corrected chi connectivity index (χ0v) is 29.2. The number of amides is 1. The van der Waals surface area contributed by atoms with Crippen molar-refractivity contribution >= 4 is 23.3 Å². The van der Waals surface area contributed by atoms with Crippen molar-refractivity contribution in [2.24, 2.45) is 0 Å². The molecule has 264 valence electrons. The monoisotopic (exact) mass is 676 g/mol. The minimum atomic E-state index is -0.786. The maximum absolute atomic E-state index is 12.6. The van der Waals surface area contributed by atoms with Crippen LogP contribution in [0.2, 0.25) is 0 Å². The molecule has 8 rings (SSSR count). The van der Waals surface area contributed by atoms with Gasteiger partial charge in [-0.2, -0.15) is 0 Å². The SMILES string of the molecule is Nc1c2c(nc3c1CCCC3)CCCC2.O.O=C(Cc1ccccc1)Nc1c2c(nc3c1CCCC3)CCCC2.O=C(O)Cc1ccccc1. The fourth-order valence-corrected chi connectivity index (χ4v) is 7.75. The summed E-state index contributed by atoms with van der Waals surface area (Å²) in [6.45, 7) is 0. The molecule has 8 heteroatoms. The number of nitrogens with two attached hydrogens (primary N) is 1. The van der Waals surface area contributed by atoms with E-state index in [1.807, 2.05) is 48.5 Å². The van der Waals surface area contributed by atoms with Gasteiger partial charge in [0.25, 0.3) is 0 Å². The van der Waals surface area contributed by atoms with E-state index in [0.29, 0.717) is 6.42 Å². The molecule has 0 atom stereocenters. The second kappa shape index (κ2) is 17.9. The lowest BCUT2D eigenvalue weighted by Crippen LogP contribution is -2.22. The summed E-state index contributed by atoms with van der Waals surface area (Å²) in [5, 5.41) is 11.6. The molecule has 0 saturated carbocycles. The van der Waals surface area contributed by atoms with Crippen LogP contribution in [0.5, 0.6) is 0 Å². The number of carboxylic acids is 1. The van der Waals surface area contributed by atoms with Crippen molar-refractivity contribution in [3.63, 3.8) is 0 Å². The van der Waals surface area contributed by atoms with Gasteiger partial charge in [0, 0.05) is 28.5 Å². The van der Waals surface area contributed by atoms with E-state index in [4.69, 9.17) is 20.8 Å². The highest BCUT2D eigenvalue weighted by molar-refractivity contribution is 5.94. The number of aryl methyl sites for hydroxylation is 4. The maximum atomic E-state index is 12.6. The molecule has 0 aliphatic heterocycles. The normalized spacial score (nSPS) is 15.4. The molecule has 0 bridgehead atoms. The Kier molecular flexibility index (Phi) is 13.1. The van der Waals surface area contributed by atoms with E-state index < -0.39 is 5.97 Å². The van der Waals surface area contributed by atoms with E-state index in [9.17, 15) is 9.59 Å². The Bertz CT molecular complexity index is 1690. The van der Waals surface area contributed by atoms with E-state index in [1.165, 1.54) is 96.4 Å². The van der Waals surface area contributed by atoms with E-state index in [2.05, 4.69) is 5.32 Å². The second-order valence-electron chi connectivity index (χ2n) is 13.8. The van der Waals surface area contributed by atoms with Crippen LogP contribution in [0.15, 0.2) is 60.7 Å². The Balaban J connectivity index is 0.000000160. The molecule has 4 aliphatic rings. The fraction of sp³-hybridized carbons (Fsp3) is 0.429. The molecule has 0 radical (unpaired) electrons. The Labute approximate surface area is 296 Å². The first kappa shape index (κ1) is 36.7. The highest BCUT2D eigenvalue weighted by Gasteiger charge is 2.25. The second-order valence-corrected chi connectivity index (χ2v) is 13.8. The van der Waals surface area contributed by atoms with E-state index in [0.717, 1.165) is 73.9 Å². The smallest absolute Gasteiger partial charge is 0.307 e. The van der Waals surface area contributed by atoms with E-state index in [1.54, 1.807) is 12.1 Å². The third kappa shape index (κ3) is 9.36. The molecule has 4 aliphatic carbocycles. The third-order valence-corrected chi connectivity index (χ3v) is 10.2. The molecule has 2 aromatic carbocycles. The molecule has 0 fully saturated rings. The Hall–Kier alpha value is -4.56. The summed E-state index contributed by atoms with van der Waals surface area (Å²) >= 11 is 0. The van der Waals surface area contributed by atoms with Gasteiger partial charge in [-0.15, -0.1) is 0 Å². The van der Waals surface area contributed by atoms with Gasteiger partial charge >= 0.3 is 5.97 Å². The standard InChI is InChI=1S/C21H24N2O.C13H18N2.C8H8O2.H2O/c24-20(14-15-8-2-1-3-9-15)23-21-16-10-4-6-12-18(16)22-19-13-7-5-11-17(19)21;14-13-9-5-1-3-7-11(9)15-12-8-4-2-6-10(12)13;9-8(10)6-7-4-2-1-3-5-7;/h1-3,8-9H,4-7,10-14H2,(H,22,23,24);1-8H2,(H2,14,15);1-5H,6H2,(H,9,10);1H2. The van der Waals surface area contributed by atoms with Crippen molar-refractivity contribution < 1.29 is 20.2 Å². The minimum Gasteiger partial charge on any atom is -0.481 e. The van der Waals surface area contributed by atoms with Gasteiger partial charge in [0.15, 0.2) is 0 Å². The molecule has 2 heterocycles. The molecule has 50 heavy (non-hydrogen) atoms. The summed E-state index contributed by atoms with van der Waals surface area (Å²) in [5.41, 5.74) is 20.8.